The van der Waals surface area contributed by atoms with Crippen LogP contribution in [0.5, 0.6) is 0 Å². The van der Waals surface area contributed by atoms with Gasteiger partial charge in [-0.15, -0.1) is 11.3 Å². The molecule has 1 aliphatic rings. The van der Waals surface area contributed by atoms with Crippen molar-refractivity contribution in [2.24, 2.45) is 0 Å². The van der Waals surface area contributed by atoms with E-state index < -0.39 is 0 Å². The van der Waals surface area contributed by atoms with E-state index in [2.05, 4.69) is 38.8 Å². The zero-order chi connectivity index (χ0) is 20.9. The fourth-order valence-electron chi connectivity index (χ4n) is 4.04. The van der Waals surface area contributed by atoms with E-state index >= 15 is 0 Å². The van der Waals surface area contributed by atoms with Crippen molar-refractivity contribution in [2.75, 3.05) is 37.6 Å². The summed E-state index contributed by atoms with van der Waals surface area (Å²) in [6, 6.07) is 8.23. The predicted molar refractivity (Wildman–Crippen MR) is 129 cm³/mol. The van der Waals surface area contributed by atoms with Gasteiger partial charge in [0.15, 0.2) is 0 Å². The monoisotopic (exact) mass is 462 g/mol. The van der Waals surface area contributed by atoms with E-state index in [4.69, 9.17) is 23.2 Å². The molecule has 0 amide bonds. The van der Waals surface area contributed by atoms with Gasteiger partial charge in [-0.2, -0.15) is 0 Å². The highest BCUT2D eigenvalue weighted by Gasteiger charge is 2.20. The summed E-state index contributed by atoms with van der Waals surface area (Å²) in [5, 5.41) is 2.50. The Balaban J connectivity index is 1.21. The number of halogens is 2. The van der Waals surface area contributed by atoms with Crippen molar-refractivity contribution in [3.05, 3.63) is 51.1 Å². The van der Waals surface area contributed by atoms with Crippen LogP contribution in [0, 0.1) is 0 Å². The van der Waals surface area contributed by atoms with Gasteiger partial charge in [0.1, 0.15) is 17.0 Å². The van der Waals surface area contributed by atoms with Gasteiger partial charge in [0.05, 0.1) is 15.4 Å². The van der Waals surface area contributed by atoms with Gasteiger partial charge in [0.2, 0.25) is 0 Å². The molecule has 1 saturated heterocycles. The molecular weight excluding hydrogens is 435 g/mol. The summed E-state index contributed by atoms with van der Waals surface area (Å²) < 4.78 is 0. The number of hydrogen-bond donors (Lipinski definition) is 0. The maximum atomic E-state index is 6.10. The predicted octanol–water partition coefficient (Wildman–Crippen LogP) is 6.10. The summed E-state index contributed by atoms with van der Waals surface area (Å²) in [4.78, 5) is 16.6. The number of piperazine rings is 1. The Kier molecular flexibility index (Phi) is 7.47. The van der Waals surface area contributed by atoms with Crippen LogP contribution < -0.4 is 4.90 Å². The van der Waals surface area contributed by atoms with Crippen molar-refractivity contribution in [1.29, 1.82) is 0 Å². The molecule has 0 aliphatic carbocycles. The molecule has 3 heterocycles. The lowest BCUT2D eigenvalue weighted by Gasteiger charge is -2.35. The van der Waals surface area contributed by atoms with E-state index in [1.165, 1.54) is 41.6 Å². The standard InChI is InChI=1S/C23H28Cl2N4S/c1-2-18-15-19-22(26-16-27-23(19)30-18)29-12-10-28(11-13-29)9-5-3-4-6-17-7-8-20(24)21(25)14-17/h7-8,14-16H,2-6,9-13H2,1H3. The molecular formula is C23H28Cl2N4S. The zero-order valence-corrected chi connectivity index (χ0v) is 19.7. The minimum atomic E-state index is 0.632. The highest BCUT2D eigenvalue weighted by molar-refractivity contribution is 7.18. The van der Waals surface area contributed by atoms with Crippen LogP contribution in [0.3, 0.4) is 0 Å². The first-order valence-electron chi connectivity index (χ1n) is 10.8. The molecule has 4 nitrogen and oxygen atoms in total. The Hall–Kier alpha value is -1.40. The fourth-order valence-corrected chi connectivity index (χ4v) is 5.29. The van der Waals surface area contributed by atoms with Crippen molar-refractivity contribution < 1.29 is 0 Å². The Morgan fingerprint density at radius 2 is 1.80 bits per heavy atom. The van der Waals surface area contributed by atoms with Crippen LogP contribution in [0.2, 0.25) is 10.0 Å². The normalized spacial score (nSPS) is 15.2. The maximum absolute atomic E-state index is 6.10. The third-order valence-electron chi connectivity index (χ3n) is 5.80. The lowest BCUT2D eigenvalue weighted by molar-refractivity contribution is 0.252. The number of fused-ring (bicyclic) bond motifs is 1. The van der Waals surface area contributed by atoms with Crippen LogP contribution in [0.25, 0.3) is 10.2 Å². The highest BCUT2D eigenvalue weighted by Crippen LogP contribution is 2.31. The van der Waals surface area contributed by atoms with E-state index in [-0.39, 0.29) is 0 Å². The van der Waals surface area contributed by atoms with Gasteiger partial charge in [-0.25, -0.2) is 9.97 Å². The van der Waals surface area contributed by atoms with Crippen molar-refractivity contribution in [3.63, 3.8) is 0 Å². The second-order valence-electron chi connectivity index (χ2n) is 7.87. The Bertz CT molecular complexity index is 982. The van der Waals surface area contributed by atoms with Gasteiger partial charge in [0.25, 0.3) is 0 Å². The molecule has 0 unspecified atom stereocenters. The molecule has 1 fully saturated rings. The Morgan fingerprint density at radius 3 is 2.57 bits per heavy atom. The van der Waals surface area contributed by atoms with E-state index in [1.54, 1.807) is 17.7 Å². The first kappa shape index (κ1) is 21.8. The summed E-state index contributed by atoms with van der Waals surface area (Å²) in [7, 11) is 0. The summed E-state index contributed by atoms with van der Waals surface area (Å²) >= 11 is 13.9. The average molecular weight is 463 g/mol. The lowest BCUT2D eigenvalue weighted by Crippen LogP contribution is -2.47. The van der Waals surface area contributed by atoms with E-state index in [9.17, 15) is 0 Å². The van der Waals surface area contributed by atoms with Crippen molar-refractivity contribution in [1.82, 2.24) is 14.9 Å². The van der Waals surface area contributed by atoms with E-state index in [1.807, 2.05) is 12.1 Å². The van der Waals surface area contributed by atoms with Crippen molar-refractivity contribution in [3.8, 4) is 0 Å². The van der Waals surface area contributed by atoms with Crippen LogP contribution in [0.4, 0.5) is 5.82 Å². The number of benzene rings is 1. The second kappa shape index (κ2) is 10.3. The third kappa shape index (κ3) is 5.25. The molecule has 0 saturated carbocycles. The molecule has 1 aliphatic heterocycles. The third-order valence-corrected chi connectivity index (χ3v) is 7.73. The smallest absolute Gasteiger partial charge is 0.140 e. The maximum Gasteiger partial charge on any atom is 0.140 e. The topological polar surface area (TPSA) is 32.3 Å². The number of rotatable bonds is 8. The van der Waals surface area contributed by atoms with Crippen LogP contribution >= 0.6 is 34.5 Å². The summed E-state index contributed by atoms with van der Waals surface area (Å²) in [5.74, 6) is 1.11. The van der Waals surface area contributed by atoms with Gasteiger partial charge >= 0.3 is 0 Å². The quantitative estimate of drug-likeness (QED) is 0.378. The van der Waals surface area contributed by atoms with Crippen LogP contribution in [0.1, 0.15) is 36.6 Å². The number of hydrogen-bond acceptors (Lipinski definition) is 5. The number of aryl methyl sites for hydroxylation is 2. The minimum absolute atomic E-state index is 0.632. The van der Waals surface area contributed by atoms with Gasteiger partial charge < -0.3 is 4.90 Å². The molecule has 1 aromatic carbocycles. The number of aromatic nitrogens is 2. The lowest BCUT2D eigenvalue weighted by atomic mass is 10.1. The molecule has 3 aromatic rings. The molecule has 0 radical (unpaired) electrons. The first-order chi connectivity index (χ1) is 14.6. The molecule has 7 heteroatoms. The fraction of sp³-hybridized carbons (Fsp3) is 0.478. The van der Waals surface area contributed by atoms with Gasteiger partial charge in [-0.3, -0.25) is 4.90 Å². The van der Waals surface area contributed by atoms with Gasteiger partial charge in [0, 0.05) is 31.1 Å². The molecule has 4 rings (SSSR count). The van der Waals surface area contributed by atoms with Gasteiger partial charge in [-0.05, 0) is 56.0 Å². The van der Waals surface area contributed by atoms with Gasteiger partial charge in [-0.1, -0.05) is 42.6 Å². The summed E-state index contributed by atoms with van der Waals surface area (Å²) in [5.41, 5.74) is 1.27. The highest BCUT2D eigenvalue weighted by atomic mass is 35.5. The Labute approximate surface area is 192 Å². The zero-order valence-electron chi connectivity index (χ0n) is 17.4. The second-order valence-corrected chi connectivity index (χ2v) is 9.80. The summed E-state index contributed by atoms with van der Waals surface area (Å²) in [6.07, 6.45) is 7.50. The summed E-state index contributed by atoms with van der Waals surface area (Å²) in [6.45, 7) is 7.64. The largest absolute Gasteiger partial charge is 0.353 e. The molecule has 30 heavy (non-hydrogen) atoms. The van der Waals surface area contributed by atoms with E-state index in [0.29, 0.717) is 10.0 Å². The number of unbranched alkanes of at least 4 members (excludes halogenated alkanes) is 2. The molecule has 0 bridgehead atoms. The van der Waals surface area contributed by atoms with Crippen molar-refractivity contribution in [2.45, 2.75) is 39.0 Å². The van der Waals surface area contributed by atoms with Crippen LogP contribution in [-0.4, -0.2) is 47.6 Å². The van der Waals surface area contributed by atoms with E-state index in [0.717, 1.165) is 49.7 Å². The first-order valence-corrected chi connectivity index (χ1v) is 12.4. The number of anilines is 1. The molecule has 0 spiro atoms. The molecule has 2 aromatic heterocycles. The molecule has 0 atom stereocenters. The molecule has 160 valence electrons. The number of nitrogens with zero attached hydrogens (tertiary/aromatic N) is 4. The van der Waals surface area contributed by atoms with Crippen LogP contribution in [-0.2, 0) is 12.8 Å². The van der Waals surface area contributed by atoms with Crippen molar-refractivity contribution >= 4 is 50.6 Å². The minimum Gasteiger partial charge on any atom is -0.353 e. The molecule has 0 N–H and O–H groups in total. The Morgan fingerprint density at radius 1 is 0.967 bits per heavy atom. The number of thiophene rings is 1. The van der Waals surface area contributed by atoms with Crippen LogP contribution in [0.15, 0.2) is 30.6 Å². The SMILES string of the molecule is CCc1cc2c(N3CCN(CCCCCc4ccc(Cl)c(Cl)c4)CC3)ncnc2s1. The average Bonchev–Trinajstić information content (AvgIpc) is 3.20.